The lowest BCUT2D eigenvalue weighted by molar-refractivity contribution is 0.253. The van der Waals surface area contributed by atoms with E-state index in [4.69, 9.17) is 25.8 Å². The Labute approximate surface area is 221 Å². The Bertz CT molecular complexity index is 1210. The quantitative estimate of drug-likeness (QED) is 0.220. The third-order valence-corrected chi connectivity index (χ3v) is 5.58. The van der Waals surface area contributed by atoms with Crippen molar-refractivity contribution < 1.29 is 19.3 Å². The maximum Gasteiger partial charge on any atom is 0.326 e. The van der Waals surface area contributed by atoms with E-state index >= 15 is 0 Å². The number of hydrogen-bond donors (Lipinski definition) is 3. The molecule has 1 heterocycles. The molecule has 0 bridgehead atoms. The van der Waals surface area contributed by atoms with E-state index in [1.165, 1.54) is 19.5 Å². The highest BCUT2D eigenvalue weighted by atomic mass is 35.5. The minimum atomic E-state index is -0.948. The first-order valence-electron chi connectivity index (χ1n) is 11.4. The lowest BCUT2D eigenvalue weighted by Crippen LogP contribution is -2.29. The number of likely N-dealkylation sites (N-methyl/N-ethyl adjacent to an activating group) is 2. The van der Waals surface area contributed by atoms with Gasteiger partial charge in [-0.25, -0.2) is 4.98 Å². The molecule has 11 nitrogen and oxygen atoms in total. The summed E-state index contributed by atoms with van der Waals surface area (Å²) in [7, 11) is 9.09. The van der Waals surface area contributed by atoms with Crippen molar-refractivity contribution in [2.75, 3.05) is 64.0 Å². The van der Waals surface area contributed by atoms with Crippen molar-refractivity contribution in [1.82, 2.24) is 19.9 Å². The Morgan fingerprint density at radius 3 is 2.49 bits per heavy atom. The highest BCUT2D eigenvalue weighted by Gasteiger charge is 2.17. The van der Waals surface area contributed by atoms with Crippen molar-refractivity contribution in [3.8, 4) is 23.3 Å². The van der Waals surface area contributed by atoms with Crippen LogP contribution < -0.4 is 29.7 Å². The predicted molar refractivity (Wildman–Crippen MR) is 146 cm³/mol. The van der Waals surface area contributed by atoms with Crippen LogP contribution in [0.5, 0.6) is 23.3 Å². The van der Waals surface area contributed by atoms with Gasteiger partial charge in [0.25, 0.3) is 0 Å². The molecule has 0 aliphatic heterocycles. The fourth-order valence-electron chi connectivity index (χ4n) is 3.28. The molecule has 1 unspecified atom stereocenters. The Kier molecular flexibility index (Phi) is 9.72. The zero-order valence-corrected chi connectivity index (χ0v) is 22.3. The molecule has 2 aromatic carbocycles. The van der Waals surface area contributed by atoms with Crippen molar-refractivity contribution in [3.63, 3.8) is 0 Å². The number of nitrogens with one attached hydrogen (secondary N) is 2. The van der Waals surface area contributed by atoms with Gasteiger partial charge in [-0.15, -0.1) is 0 Å². The van der Waals surface area contributed by atoms with Crippen LogP contribution in [-0.4, -0.2) is 79.6 Å². The van der Waals surface area contributed by atoms with Crippen molar-refractivity contribution in [3.05, 3.63) is 54.3 Å². The second-order valence-corrected chi connectivity index (χ2v) is 8.64. The van der Waals surface area contributed by atoms with Crippen LogP contribution in [0.4, 0.5) is 23.0 Å². The van der Waals surface area contributed by atoms with Gasteiger partial charge in [0.1, 0.15) is 29.8 Å². The van der Waals surface area contributed by atoms with Gasteiger partial charge in [0, 0.05) is 32.3 Å². The summed E-state index contributed by atoms with van der Waals surface area (Å²) in [6.45, 7) is 5.24. The van der Waals surface area contributed by atoms with Gasteiger partial charge in [-0.3, -0.25) is 0 Å². The summed E-state index contributed by atoms with van der Waals surface area (Å²) < 4.78 is 16.6. The van der Waals surface area contributed by atoms with Gasteiger partial charge in [0.2, 0.25) is 5.95 Å². The Morgan fingerprint density at radius 2 is 1.81 bits per heavy atom. The molecule has 0 saturated carbocycles. The highest BCUT2D eigenvalue weighted by Crippen LogP contribution is 2.38. The zero-order chi connectivity index (χ0) is 26.9. The van der Waals surface area contributed by atoms with E-state index in [0.29, 0.717) is 33.6 Å². The van der Waals surface area contributed by atoms with Gasteiger partial charge in [-0.2, -0.15) is 9.97 Å². The fourth-order valence-corrected chi connectivity index (χ4v) is 3.47. The molecule has 0 amide bonds. The molecule has 0 spiro atoms. The molecular weight excluding hydrogens is 498 g/mol. The van der Waals surface area contributed by atoms with E-state index in [1.807, 2.05) is 27.2 Å². The third kappa shape index (κ3) is 7.59. The Balaban J connectivity index is 1.90. The fraction of sp³-hybridized carbons (Fsp3) is 0.320. The minimum Gasteiger partial charge on any atom is -0.495 e. The van der Waals surface area contributed by atoms with E-state index in [-0.39, 0.29) is 12.0 Å². The van der Waals surface area contributed by atoms with Crippen molar-refractivity contribution in [1.29, 1.82) is 0 Å². The predicted octanol–water partition coefficient (Wildman–Crippen LogP) is 3.99. The van der Waals surface area contributed by atoms with E-state index in [9.17, 15) is 5.11 Å². The molecule has 3 rings (SSSR count). The van der Waals surface area contributed by atoms with E-state index < -0.39 is 6.23 Å². The maximum atomic E-state index is 10.2. The van der Waals surface area contributed by atoms with Crippen molar-refractivity contribution >= 4 is 34.6 Å². The molecule has 1 atom stereocenters. The van der Waals surface area contributed by atoms with E-state index in [2.05, 4.69) is 42.0 Å². The summed E-state index contributed by atoms with van der Waals surface area (Å²) in [5.74, 6) is 1.70. The lowest BCUT2D eigenvalue weighted by atomic mass is 10.2. The summed E-state index contributed by atoms with van der Waals surface area (Å²) in [6.07, 6.45) is 1.78. The van der Waals surface area contributed by atoms with Gasteiger partial charge in [0.15, 0.2) is 0 Å². The molecule has 0 aliphatic rings. The number of hydrogen-bond acceptors (Lipinski definition) is 11. The molecule has 0 radical (unpaired) electrons. The maximum absolute atomic E-state index is 10.2. The summed E-state index contributed by atoms with van der Waals surface area (Å²) >= 11 is 6.08. The molecule has 0 saturated heterocycles. The third-order valence-electron chi connectivity index (χ3n) is 5.27. The number of ether oxygens (including phenoxy) is 3. The number of benzene rings is 2. The SMILES string of the molecule is C=CC(O)Nc1cc(Nc2ncnc(Oc3ccc(Cl)c(OC)c3)n2)c(OC)cc1N(C)CCN(C)C. The average Bonchev–Trinajstić information content (AvgIpc) is 2.88. The van der Waals surface area contributed by atoms with Crippen LogP contribution in [0, 0.1) is 0 Å². The number of anilines is 4. The normalized spacial score (nSPS) is 11.6. The summed E-state index contributed by atoms with van der Waals surface area (Å²) in [4.78, 5) is 16.8. The van der Waals surface area contributed by atoms with Crippen molar-refractivity contribution in [2.24, 2.45) is 0 Å². The molecule has 3 N–H and O–H groups in total. The van der Waals surface area contributed by atoms with Crippen LogP contribution in [0.25, 0.3) is 0 Å². The van der Waals surface area contributed by atoms with E-state index in [1.54, 1.807) is 31.4 Å². The Morgan fingerprint density at radius 1 is 1.05 bits per heavy atom. The number of aliphatic hydroxyl groups is 1. The van der Waals surface area contributed by atoms with Gasteiger partial charge in [-0.1, -0.05) is 18.2 Å². The van der Waals surface area contributed by atoms with Crippen LogP contribution in [0.2, 0.25) is 5.02 Å². The lowest BCUT2D eigenvalue weighted by Gasteiger charge is -2.27. The first-order chi connectivity index (χ1) is 17.7. The van der Waals surface area contributed by atoms with Gasteiger partial charge in [-0.05, 0) is 38.4 Å². The van der Waals surface area contributed by atoms with Crippen LogP contribution in [0.3, 0.4) is 0 Å². The largest absolute Gasteiger partial charge is 0.495 e. The van der Waals surface area contributed by atoms with E-state index in [0.717, 1.165) is 18.8 Å². The minimum absolute atomic E-state index is 0.0707. The molecule has 1 aromatic heterocycles. The topological polar surface area (TPSA) is 117 Å². The molecule has 0 aliphatic carbocycles. The molecule has 12 heteroatoms. The summed E-state index contributed by atoms with van der Waals surface area (Å²) in [5, 5.41) is 16.9. The van der Waals surface area contributed by atoms with Crippen LogP contribution >= 0.6 is 11.6 Å². The van der Waals surface area contributed by atoms with Crippen molar-refractivity contribution in [2.45, 2.75) is 6.23 Å². The highest BCUT2D eigenvalue weighted by molar-refractivity contribution is 6.32. The molecule has 3 aromatic rings. The van der Waals surface area contributed by atoms with Crippen LogP contribution in [0.15, 0.2) is 49.3 Å². The number of rotatable bonds is 13. The molecular formula is C25H32ClN7O4. The van der Waals surface area contributed by atoms with Crippen LogP contribution in [0.1, 0.15) is 0 Å². The first kappa shape index (κ1) is 27.8. The second-order valence-electron chi connectivity index (χ2n) is 8.23. The monoisotopic (exact) mass is 529 g/mol. The number of aromatic nitrogens is 3. The van der Waals surface area contributed by atoms with Gasteiger partial charge < -0.3 is 39.8 Å². The van der Waals surface area contributed by atoms with Gasteiger partial charge in [0.05, 0.1) is 36.3 Å². The van der Waals surface area contributed by atoms with Crippen LogP contribution in [-0.2, 0) is 0 Å². The molecule has 0 fully saturated rings. The van der Waals surface area contributed by atoms with Gasteiger partial charge >= 0.3 is 6.01 Å². The standard InChI is InChI=1S/C25H32ClN7O4/c1-7-23(34)29-18-13-19(22(36-6)14-20(18)33(4)11-10-32(2)3)30-24-27-15-28-25(31-24)37-16-8-9-17(26)21(12-16)35-5/h7-9,12-15,23,29,34H,1,10-11H2,2-6H3,(H,27,28,30,31). The first-order valence-corrected chi connectivity index (χ1v) is 11.7. The number of aliphatic hydroxyl groups excluding tert-OH is 1. The smallest absolute Gasteiger partial charge is 0.326 e. The second kappa shape index (κ2) is 12.9. The summed E-state index contributed by atoms with van der Waals surface area (Å²) in [5.41, 5.74) is 2.06. The number of methoxy groups -OCH3 is 2. The Hall–Kier alpha value is -3.80. The molecule has 198 valence electrons. The average molecular weight is 530 g/mol. The zero-order valence-electron chi connectivity index (χ0n) is 21.5. The molecule has 37 heavy (non-hydrogen) atoms. The number of nitrogens with zero attached hydrogens (tertiary/aromatic N) is 5. The number of halogens is 1. The summed E-state index contributed by atoms with van der Waals surface area (Å²) in [6, 6.07) is 8.72.